The number of hydrogen-bond acceptors (Lipinski definition) is 4. The van der Waals surface area contributed by atoms with Gasteiger partial charge >= 0.3 is 0 Å². The quantitative estimate of drug-likeness (QED) is 0.784. The molecule has 0 aliphatic heterocycles. The highest BCUT2D eigenvalue weighted by Crippen LogP contribution is 2.31. The van der Waals surface area contributed by atoms with Crippen molar-refractivity contribution in [2.75, 3.05) is 5.75 Å². The van der Waals surface area contributed by atoms with E-state index in [0.717, 1.165) is 16.9 Å². The second-order valence-electron chi connectivity index (χ2n) is 4.23. The molecule has 0 radical (unpaired) electrons. The number of ketones is 1. The maximum absolute atomic E-state index is 12.2. The molecule has 2 aromatic rings. The van der Waals surface area contributed by atoms with Gasteiger partial charge in [-0.3, -0.25) is 4.79 Å². The van der Waals surface area contributed by atoms with Crippen LogP contribution in [0, 0.1) is 6.92 Å². The van der Waals surface area contributed by atoms with E-state index in [-0.39, 0.29) is 14.8 Å². The Hall–Kier alpha value is -0.880. The number of halogens is 2. The predicted molar refractivity (Wildman–Crippen MR) is 81.9 cm³/mol. The molecule has 20 heavy (non-hydrogen) atoms. The Morgan fingerprint density at radius 2 is 1.80 bits per heavy atom. The topological polar surface area (TPSA) is 51.2 Å². The number of Topliss-reactive ketones (excluding diaryl/α,β-unsaturated/α-hetero) is 1. The number of hydrogen-bond donors (Lipinski definition) is 0. The summed E-state index contributed by atoms with van der Waals surface area (Å²) in [5, 5.41) is 0. The minimum atomic E-state index is -3.68. The third-order valence-electron chi connectivity index (χ3n) is 2.66. The molecule has 7 heteroatoms. The molecular weight excluding hydrogens is 339 g/mol. The summed E-state index contributed by atoms with van der Waals surface area (Å²) in [5.74, 6) is -1.18. The molecule has 1 aromatic carbocycles. The van der Waals surface area contributed by atoms with Gasteiger partial charge in [0.25, 0.3) is 0 Å². The van der Waals surface area contributed by atoms with Gasteiger partial charge in [0, 0.05) is 5.56 Å². The number of carbonyl (C=O) groups excluding carboxylic acids is 1. The first-order valence-corrected chi connectivity index (χ1v) is 8.79. The molecule has 1 heterocycles. The SMILES string of the molecule is Cc1ccc(S(=O)(=O)CC(=O)c2cc(Cl)sc2Cl)cc1. The number of thiophene rings is 1. The first-order chi connectivity index (χ1) is 9.29. The van der Waals surface area contributed by atoms with Gasteiger partial charge in [-0.25, -0.2) is 8.42 Å². The lowest BCUT2D eigenvalue weighted by atomic mass is 10.2. The lowest BCUT2D eigenvalue weighted by Crippen LogP contribution is -2.16. The van der Waals surface area contributed by atoms with Crippen LogP contribution in [0.3, 0.4) is 0 Å². The summed E-state index contributed by atoms with van der Waals surface area (Å²) in [4.78, 5) is 12.1. The first-order valence-electron chi connectivity index (χ1n) is 5.57. The van der Waals surface area contributed by atoms with Crippen molar-refractivity contribution >= 4 is 50.2 Å². The van der Waals surface area contributed by atoms with Crippen LogP contribution in [-0.2, 0) is 9.84 Å². The molecule has 0 atom stereocenters. The lowest BCUT2D eigenvalue weighted by Gasteiger charge is -2.04. The van der Waals surface area contributed by atoms with E-state index in [0.29, 0.717) is 4.34 Å². The van der Waals surface area contributed by atoms with Gasteiger partial charge in [-0.1, -0.05) is 40.9 Å². The molecule has 0 saturated heterocycles. The molecular formula is C13H10Cl2O3S2. The summed E-state index contributed by atoms with van der Waals surface area (Å²) < 4.78 is 24.9. The van der Waals surface area contributed by atoms with Crippen LogP contribution in [0.1, 0.15) is 15.9 Å². The fourth-order valence-corrected chi connectivity index (χ4v) is 4.33. The molecule has 0 aliphatic carbocycles. The van der Waals surface area contributed by atoms with Crippen LogP contribution in [0.4, 0.5) is 0 Å². The molecule has 0 fully saturated rings. The second-order valence-corrected chi connectivity index (χ2v) is 8.51. The molecule has 3 nitrogen and oxygen atoms in total. The summed E-state index contributed by atoms with van der Waals surface area (Å²) in [6.45, 7) is 1.86. The van der Waals surface area contributed by atoms with E-state index >= 15 is 0 Å². The van der Waals surface area contributed by atoms with E-state index in [1.165, 1.54) is 18.2 Å². The number of rotatable bonds is 4. The highest BCUT2D eigenvalue weighted by molar-refractivity contribution is 7.92. The minimum absolute atomic E-state index is 0.119. The Labute approximate surface area is 131 Å². The molecule has 0 unspecified atom stereocenters. The number of benzene rings is 1. The van der Waals surface area contributed by atoms with Crippen LogP contribution in [0.5, 0.6) is 0 Å². The van der Waals surface area contributed by atoms with E-state index in [4.69, 9.17) is 23.2 Å². The number of carbonyl (C=O) groups is 1. The predicted octanol–water partition coefficient (Wildman–Crippen LogP) is 4.02. The Bertz CT molecular complexity index is 746. The van der Waals surface area contributed by atoms with Crippen molar-refractivity contribution in [2.45, 2.75) is 11.8 Å². The molecule has 1 aromatic heterocycles. The average Bonchev–Trinajstić information content (AvgIpc) is 2.68. The summed E-state index contributed by atoms with van der Waals surface area (Å²) in [5.41, 5.74) is 1.10. The molecule has 0 amide bonds. The second kappa shape index (κ2) is 5.85. The van der Waals surface area contributed by atoms with Gasteiger partial charge in [0.05, 0.1) is 9.23 Å². The van der Waals surface area contributed by atoms with Gasteiger partial charge in [-0.2, -0.15) is 0 Å². The maximum Gasteiger partial charge on any atom is 0.185 e. The van der Waals surface area contributed by atoms with Gasteiger partial charge in [0.2, 0.25) is 0 Å². The lowest BCUT2D eigenvalue weighted by molar-refractivity contribution is 0.102. The molecule has 0 saturated carbocycles. The van der Waals surface area contributed by atoms with Crippen LogP contribution >= 0.6 is 34.5 Å². The molecule has 0 spiro atoms. The van der Waals surface area contributed by atoms with Crippen molar-refractivity contribution in [2.24, 2.45) is 0 Å². The van der Waals surface area contributed by atoms with E-state index < -0.39 is 21.4 Å². The fraction of sp³-hybridized carbons (Fsp3) is 0.154. The Balaban J connectivity index is 2.26. The zero-order valence-corrected chi connectivity index (χ0v) is 13.5. The van der Waals surface area contributed by atoms with E-state index in [2.05, 4.69) is 0 Å². The number of aryl methyl sites for hydroxylation is 1. The van der Waals surface area contributed by atoms with Crippen LogP contribution in [0.15, 0.2) is 35.2 Å². The van der Waals surface area contributed by atoms with Crippen molar-refractivity contribution in [1.29, 1.82) is 0 Å². The summed E-state index contributed by atoms with van der Waals surface area (Å²) in [7, 11) is -3.68. The van der Waals surface area contributed by atoms with Gasteiger partial charge in [-0.05, 0) is 25.1 Å². The monoisotopic (exact) mass is 348 g/mol. The number of sulfone groups is 1. The highest BCUT2D eigenvalue weighted by atomic mass is 35.5. The van der Waals surface area contributed by atoms with Crippen molar-refractivity contribution in [3.63, 3.8) is 0 Å². The average molecular weight is 349 g/mol. The fourth-order valence-electron chi connectivity index (χ4n) is 1.61. The Kier molecular flexibility index (Phi) is 4.54. The molecule has 2 rings (SSSR count). The smallest absolute Gasteiger partial charge is 0.185 e. The van der Waals surface area contributed by atoms with Crippen molar-refractivity contribution in [3.8, 4) is 0 Å². The first kappa shape index (κ1) is 15.5. The van der Waals surface area contributed by atoms with Gasteiger partial charge in [0.15, 0.2) is 15.6 Å². The van der Waals surface area contributed by atoms with Crippen LogP contribution < -0.4 is 0 Å². The van der Waals surface area contributed by atoms with Crippen LogP contribution in [0.25, 0.3) is 0 Å². The van der Waals surface area contributed by atoms with Crippen LogP contribution in [0.2, 0.25) is 8.67 Å². The summed E-state index contributed by atoms with van der Waals surface area (Å²) >= 11 is 12.6. The third kappa shape index (κ3) is 3.41. The van der Waals surface area contributed by atoms with Gasteiger partial charge in [0.1, 0.15) is 10.1 Å². The van der Waals surface area contributed by atoms with Crippen LogP contribution in [-0.4, -0.2) is 20.0 Å². The van der Waals surface area contributed by atoms with Crippen molar-refractivity contribution in [3.05, 3.63) is 50.1 Å². The zero-order valence-electron chi connectivity index (χ0n) is 10.4. The Morgan fingerprint density at radius 1 is 1.20 bits per heavy atom. The molecule has 0 aliphatic rings. The van der Waals surface area contributed by atoms with E-state index in [9.17, 15) is 13.2 Å². The molecule has 0 bridgehead atoms. The minimum Gasteiger partial charge on any atom is -0.293 e. The van der Waals surface area contributed by atoms with Gasteiger partial charge < -0.3 is 0 Å². The van der Waals surface area contributed by atoms with E-state index in [1.54, 1.807) is 12.1 Å². The molecule has 106 valence electrons. The van der Waals surface area contributed by atoms with Crippen molar-refractivity contribution in [1.82, 2.24) is 0 Å². The summed E-state index contributed by atoms with van der Waals surface area (Å²) in [6, 6.07) is 7.74. The third-order valence-corrected chi connectivity index (χ3v) is 5.78. The van der Waals surface area contributed by atoms with E-state index in [1.807, 2.05) is 6.92 Å². The maximum atomic E-state index is 12.2. The zero-order chi connectivity index (χ0) is 14.9. The highest BCUT2D eigenvalue weighted by Gasteiger charge is 2.23. The molecule has 0 N–H and O–H groups in total. The normalized spacial score (nSPS) is 11.6. The standard InChI is InChI=1S/C13H10Cl2O3S2/c1-8-2-4-9(5-3-8)20(17,18)7-11(16)10-6-12(14)19-13(10)15/h2-6H,7H2,1H3. The Morgan fingerprint density at radius 3 is 2.30 bits per heavy atom. The largest absolute Gasteiger partial charge is 0.293 e. The summed E-state index contributed by atoms with van der Waals surface area (Å²) in [6.07, 6.45) is 0. The van der Waals surface area contributed by atoms with Crippen molar-refractivity contribution < 1.29 is 13.2 Å². The van der Waals surface area contributed by atoms with Gasteiger partial charge in [-0.15, -0.1) is 11.3 Å².